The quantitative estimate of drug-likeness (QED) is 0.775. The number of carboxylic acids is 1. The highest BCUT2D eigenvalue weighted by molar-refractivity contribution is 5.60. The lowest BCUT2D eigenvalue weighted by molar-refractivity contribution is -0.931. The summed E-state index contributed by atoms with van der Waals surface area (Å²) in [5.74, 6) is -1.08. The summed E-state index contributed by atoms with van der Waals surface area (Å²) in [7, 11) is 0. The van der Waals surface area contributed by atoms with Crippen LogP contribution in [0.25, 0.3) is 0 Å². The maximum Gasteiger partial charge on any atom is 0.0874 e. The number of hydrogen-bond acceptors (Lipinski definition) is 2. The minimum Gasteiger partial charge on any atom is -0.550 e. The van der Waals surface area contributed by atoms with Gasteiger partial charge in [-0.15, -0.1) is 0 Å². The summed E-state index contributed by atoms with van der Waals surface area (Å²) in [5, 5.41) is 8.89. The second-order valence-corrected chi connectivity index (χ2v) is 4.98. The van der Waals surface area contributed by atoms with Gasteiger partial charge in [-0.3, -0.25) is 0 Å². The third-order valence-corrected chi connectivity index (χ3v) is 3.36. The van der Waals surface area contributed by atoms with Gasteiger partial charge in [-0.05, 0) is 45.4 Å². The minimum atomic E-state index is -1.08. The monoisotopic (exact) mass is 243 g/mol. The molecule has 1 fully saturated rings. The van der Waals surface area contributed by atoms with Gasteiger partial charge in [0.05, 0.1) is 19.1 Å². The molecule has 0 bridgehead atoms. The summed E-state index contributed by atoms with van der Waals surface area (Å²) in [6, 6.07) is 1.01. The Morgan fingerprint density at radius 3 is 2.47 bits per heavy atom. The van der Waals surface area contributed by atoms with E-state index < -0.39 is 5.97 Å². The number of aliphatic carboxylic acids is 1. The van der Waals surface area contributed by atoms with Gasteiger partial charge in [-0.2, -0.15) is 0 Å². The number of unbranched alkanes of at least 4 members (excludes halogenated alkanes) is 1. The molecular weight excluding hydrogens is 214 g/mol. The van der Waals surface area contributed by atoms with Crippen LogP contribution in [-0.4, -0.2) is 25.1 Å². The number of hydrogen-bond donors (Lipinski definition) is 1. The number of carbonyl (C=O) groups excluding carboxylic acids is 1. The van der Waals surface area contributed by atoms with Crippen LogP contribution in [0.2, 0.25) is 0 Å². The molecule has 3 nitrogen and oxygen atoms in total. The van der Waals surface area contributed by atoms with Crippen molar-refractivity contribution in [1.29, 1.82) is 0 Å². The summed E-state index contributed by atoms with van der Waals surface area (Å²) in [4.78, 5) is 10.8. The molecule has 2 unspecified atom stereocenters. The molecule has 2 atom stereocenters. The highest BCUT2D eigenvalue weighted by atomic mass is 16.4. The number of piperidine rings is 1. The van der Waals surface area contributed by atoms with Gasteiger partial charge < -0.3 is 14.8 Å². The van der Waals surface area contributed by atoms with E-state index in [0.717, 1.165) is 13.0 Å². The second kappa shape index (κ2) is 10.6. The molecule has 1 N–H and O–H groups in total. The van der Waals surface area contributed by atoms with Gasteiger partial charge in [0, 0.05) is 5.97 Å². The minimum absolute atomic E-state index is 0.972. The first kappa shape index (κ1) is 16.4. The van der Waals surface area contributed by atoms with E-state index in [2.05, 4.69) is 13.8 Å². The van der Waals surface area contributed by atoms with Crippen molar-refractivity contribution in [2.45, 2.75) is 71.8 Å². The van der Waals surface area contributed by atoms with Gasteiger partial charge in [0.1, 0.15) is 0 Å². The van der Waals surface area contributed by atoms with Crippen molar-refractivity contribution >= 4 is 5.97 Å². The molecule has 1 saturated heterocycles. The fourth-order valence-corrected chi connectivity index (χ4v) is 2.60. The van der Waals surface area contributed by atoms with E-state index in [4.69, 9.17) is 9.90 Å². The average Bonchev–Trinajstić information content (AvgIpc) is 2.28. The molecule has 102 valence electrons. The summed E-state index contributed by atoms with van der Waals surface area (Å²) in [6.45, 7) is 8.46. The Labute approximate surface area is 106 Å². The largest absolute Gasteiger partial charge is 0.550 e. The molecule has 3 heteroatoms. The fraction of sp³-hybridized carbons (Fsp3) is 0.929. The number of carboxylic acid groups (broad SMARTS) is 1. The molecule has 0 aliphatic carbocycles. The van der Waals surface area contributed by atoms with Crippen LogP contribution in [0.3, 0.4) is 0 Å². The Bertz CT molecular complexity index is 189. The molecule has 1 aliphatic rings. The highest BCUT2D eigenvalue weighted by Crippen LogP contribution is 2.09. The zero-order valence-electron chi connectivity index (χ0n) is 11.8. The molecule has 0 saturated carbocycles. The van der Waals surface area contributed by atoms with Crippen LogP contribution >= 0.6 is 0 Å². The Morgan fingerprint density at radius 1 is 1.29 bits per heavy atom. The summed E-state index contributed by atoms with van der Waals surface area (Å²) in [6.07, 6.45) is 10.1. The molecule has 0 amide bonds. The number of nitrogens with one attached hydrogen (secondary N) is 1. The Kier molecular flexibility index (Phi) is 10.2. The van der Waals surface area contributed by atoms with Crippen molar-refractivity contribution in [3.8, 4) is 0 Å². The predicted molar refractivity (Wildman–Crippen MR) is 68.8 cm³/mol. The average molecular weight is 243 g/mol. The topological polar surface area (TPSA) is 44.6 Å². The van der Waals surface area contributed by atoms with Crippen molar-refractivity contribution in [3.63, 3.8) is 0 Å². The van der Waals surface area contributed by atoms with Crippen LogP contribution in [0.1, 0.15) is 65.7 Å². The van der Waals surface area contributed by atoms with E-state index in [9.17, 15) is 0 Å². The Morgan fingerprint density at radius 2 is 1.94 bits per heavy atom. The van der Waals surface area contributed by atoms with Crippen molar-refractivity contribution in [1.82, 2.24) is 0 Å². The van der Waals surface area contributed by atoms with Crippen molar-refractivity contribution < 1.29 is 14.8 Å². The van der Waals surface area contributed by atoms with Crippen LogP contribution in [0.5, 0.6) is 0 Å². The van der Waals surface area contributed by atoms with Crippen LogP contribution in [-0.2, 0) is 4.79 Å². The second-order valence-electron chi connectivity index (χ2n) is 4.98. The van der Waals surface area contributed by atoms with E-state index in [1.165, 1.54) is 58.0 Å². The number of rotatable bonds is 5. The molecule has 1 aliphatic heterocycles. The van der Waals surface area contributed by atoms with Gasteiger partial charge in [-0.25, -0.2) is 0 Å². The van der Waals surface area contributed by atoms with Gasteiger partial charge in [0.25, 0.3) is 0 Å². The van der Waals surface area contributed by atoms with Crippen LogP contribution in [0, 0.1) is 0 Å². The zero-order chi connectivity index (χ0) is 13.1. The van der Waals surface area contributed by atoms with Crippen LogP contribution in [0.4, 0.5) is 0 Å². The van der Waals surface area contributed by atoms with Gasteiger partial charge >= 0.3 is 0 Å². The first-order valence-corrected chi connectivity index (χ1v) is 7.13. The fourth-order valence-electron chi connectivity index (χ4n) is 2.60. The molecule has 0 aromatic rings. The molecule has 0 aromatic heterocycles. The Hall–Kier alpha value is -0.570. The van der Waals surface area contributed by atoms with E-state index in [-0.39, 0.29) is 0 Å². The predicted octanol–water partition coefficient (Wildman–Crippen LogP) is 0.780. The molecule has 0 spiro atoms. The first-order valence-electron chi connectivity index (χ1n) is 7.13. The zero-order valence-corrected chi connectivity index (χ0v) is 11.8. The van der Waals surface area contributed by atoms with Crippen LogP contribution in [0.15, 0.2) is 0 Å². The van der Waals surface area contributed by atoms with Gasteiger partial charge in [0.2, 0.25) is 0 Å². The van der Waals surface area contributed by atoms with E-state index in [0.29, 0.717) is 0 Å². The molecule has 1 rings (SSSR count). The van der Waals surface area contributed by atoms with Crippen molar-refractivity contribution in [2.24, 2.45) is 0 Å². The molecule has 1 heterocycles. The SMILES string of the molecule is CC(=O)[O-].CCCCC1CCCC[NH+]1CCC. The van der Waals surface area contributed by atoms with Gasteiger partial charge in [-0.1, -0.05) is 20.3 Å². The van der Waals surface area contributed by atoms with E-state index in [1.807, 2.05) is 4.90 Å². The Balaban J connectivity index is 0.000000557. The lowest BCUT2D eigenvalue weighted by Crippen LogP contribution is -3.16. The number of quaternary nitrogens is 1. The summed E-state index contributed by atoms with van der Waals surface area (Å²) in [5.41, 5.74) is 0. The standard InChI is InChI=1S/C12H25N.C2H4O2/c1-3-5-8-12-9-6-7-11-13(12)10-4-2;1-2(3)4/h12H,3-11H2,1-2H3;1H3,(H,3,4). The van der Waals surface area contributed by atoms with E-state index in [1.54, 1.807) is 0 Å². The maximum atomic E-state index is 8.89. The molecule has 0 aromatic carbocycles. The van der Waals surface area contributed by atoms with Crippen molar-refractivity contribution in [3.05, 3.63) is 0 Å². The lowest BCUT2D eigenvalue weighted by atomic mass is 9.97. The maximum absolute atomic E-state index is 8.89. The lowest BCUT2D eigenvalue weighted by Gasteiger charge is -2.32. The smallest absolute Gasteiger partial charge is 0.0874 e. The normalized spacial score (nSPS) is 23.7. The number of carbonyl (C=O) groups is 1. The molecule has 17 heavy (non-hydrogen) atoms. The molecular formula is C14H29NO2. The van der Waals surface area contributed by atoms with E-state index >= 15 is 0 Å². The van der Waals surface area contributed by atoms with Gasteiger partial charge in [0.15, 0.2) is 0 Å². The third-order valence-electron chi connectivity index (χ3n) is 3.36. The molecule has 0 radical (unpaired) electrons. The third kappa shape index (κ3) is 9.16. The van der Waals surface area contributed by atoms with Crippen molar-refractivity contribution in [2.75, 3.05) is 13.1 Å². The highest BCUT2D eigenvalue weighted by Gasteiger charge is 2.24. The summed E-state index contributed by atoms with van der Waals surface area (Å²) < 4.78 is 0. The van der Waals surface area contributed by atoms with Crippen LogP contribution < -0.4 is 10.0 Å². The summed E-state index contributed by atoms with van der Waals surface area (Å²) >= 11 is 0. The first-order chi connectivity index (χ1) is 8.11. The number of likely N-dealkylation sites (tertiary alicyclic amines) is 1.